The Balaban J connectivity index is 1.87. The number of allylic oxidation sites excluding steroid dienone is 2. The van der Waals surface area contributed by atoms with Gasteiger partial charge in [0.1, 0.15) is 0 Å². The Morgan fingerprint density at radius 3 is 3.00 bits per heavy atom. The molecular weight excluding hydrogens is 182 g/mol. The largest absolute Gasteiger partial charge is 0.327 e. The molecule has 15 heavy (non-hydrogen) atoms. The molecule has 3 fully saturated rings. The van der Waals surface area contributed by atoms with Gasteiger partial charge in [0, 0.05) is 10.8 Å². The van der Waals surface area contributed by atoms with E-state index in [-0.39, 0.29) is 0 Å². The number of hydrogen-bond acceptors (Lipinski definition) is 0. The summed E-state index contributed by atoms with van der Waals surface area (Å²) in [6, 6.07) is 0. The van der Waals surface area contributed by atoms with E-state index >= 15 is 0 Å². The lowest BCUT2D eigenvalue weighted by Gasteiger charge is -2.38. The van der Waals surface area contributed by atoms with Crippen molar-refractivity contribution in [1.29, 1.82) is 0 Å². The van der Waals surface area contributed by atoms with Gasteiger partial charge in [0.15, 0.2) is 0 Å². The standard InChI is InChI=1S/C14H22N/c1-15(2)9-13-5-3-6-14(13,10-15)12-8-11(12)4-7-13/h4,12H,3,5-10H2,1-2H3/q+1. The van der Waals surface area contributed by atoms with Gasteiger partial charge in [0.25, 0.3) is 0 Å². The second kappa shape index (κ2) is 2.20. The molecule has 4 aliphatic rings. The second-order valence-corrected chi connectivity index (χ2v) is 7.28. The van der Waals surface area contributed by atoms with Crippen LogP contribution < -0.4 is 0 Å². The number of nitrogens with zero attached hydrogens (tertiary/aromatic N) is 1. The first-order chi connectivity index (χ1) is 7.07. The number of likely N-dealkylation sites (tertiary alicyclic amines) is 1. The highest BCUT2D eigenvalue weighted by Crippen LogP contribution is 2.73. The van der Waals surface area contributed by atoms with Gasteiger partial charge in [-0.25, -0.2) is 0 Å². The van der Waals surface area contributed by atoms with E-state index in [1.807, 2.05) is 5.57 Å². The van der Waals surface area contributed by atoms with Crippen molar-refractivity contribution in [3.05, 3.63) is 11.6 Å². The zero-order valence-electron chi connectivity index (χ0n) is 10.1. The molecule has 0 amide bonds. The van der Waals surface area contributed by atoms with Crippen molar-refractivity contribution in [3.8, 4) is 0 Å². The van der Waals surface area contributed by atoms with E-state index in [1.54, 1.807) is 0 Å². The lowest BCUT2D eigenvalue weighted by molar-refractivity contribution is -0.884. The quantitative estimate of drug-likeness (QED) is 0.420. The molecule has 3 aliphatic carbocycles. The highest BCUT2D eigenvalue weighted by molar-refractivity contribution is 5.36. The van der Waals surface area contributed by atoms with Crippen LogP contribution >= 0.6 is 0 Å². The summed E-state index contributed by atoms with van der Waals surface area (Å²) in [5, 5.41) is 0. The van der Waals surface area contributed by atoms with Crippen LogP contribution in [0.25, 0.3) is 0 Å². The summed E-state index contributed by atoms with van der Waals surface area (Å²) in [7, 11) is 4.91. The number of hydrogen-bond donors (Lipinski definition) is 0. The Hall–Kier alpha value is -0.300. The van der Waals surface area contributed by atoms with E-state index in [0.29, 0.717) is 0 Å². The first kappa shape index (κ1) is 8.81. The molecule has 1 saturated heterocycles. The van der Waals surface area contributed by atoms with Crippen LogP contribution in [-0.4, -0.2) is 31.7 Å². The normalized spacial score (nSPS) is 54.3. The van der Waals surface area contributed by atoms with Crippen LogP contribution in [0.1, 0.15) is 32.1 Å². The molecule has 1 aliphatic heterocycles. The topological polar surface area (TPSA) is 0 Å². The molecule has 3 atom stereocenters. The predicted octanol–water partition coefficient (Wildman–Crippen LogP) is 2.58. The van der Waals surface area contributed by atoms with Crippen LogP contribution in [0.15, 0.2) is 11.6 Å². The second-order valence-electron chi connectivity index (χ2n) is 7.28. The summed E-state index contributed by atoms with van der Waals surface area (Å²) in [6.07, 6.45) is 10.1. The van der Waals surface area contributed by atoms with Crippen LogP contribution in [0.4, 0.5) is 0 Å². The third-order valence-corrected chi connectivity index (χ3v) is 5.92. The molecule has 0 radical (unpaired) electrons. The Morgan fingerprint density at radius 2 is 2.13 bits per heavy atom. The van der Waals surface area contributed by atoms with Crippen molar-refractivity contribution >= 4 is 0 Å². The molecule has 0 aromatic heterocycles. The van der Waals surface area contributed by atoms with Gasteiger partial charge >= 0.3 is 0 Å². The van der Waals surface area contributed by atoms with Gasteiger partial charge in [-0.1, -0.05) is 18.1 Å². The van der Waals surface area contributed by atoms with Gasteiger partial charge in [-0.05, 0) is 31.6 Å². The molecule has 1 nitrogen and oxygen atoms in total. The van der Waals surface area contributed by atoms with Crippen molar-refractivity contribution < 1.29 is 4.48 Å². The average molecular weight is 204 g/mol. The van der Waals surface area contributed by atoms with Crippen molar-refractivity contribution in [1.82, 2.24) is 0 Å². The van der Waals surface area contributed by atoms with E-state index in [1.165, 1.54) is 49.7 Å². The molecule has 2 saturated carbocycles. The summed E-state index contributed by atoms with van der Waals surface area (Å²) in [5.41, 5.74) is 3.30. The van der Waals surface area contributed by atoms with Gasteiger partial charge in [0.2, 0.25) is 0 Å². The summed E-state index contributed by atoms with van der Waals surface area (Å²) in [5.74, 6) is 1.02. The van der Waals surface area contributed by atoms with Gasteiger partial charge in [0.05, 0.1) is 27.2 Å². The Kier molecular flexibility index (Phi) is 1.29. The predicted molar refractivity (Wildman–Crippen MR) is 61.4 cm³/mol. The Bertz CT molecular complexity index is 368. The molecule has 1 heterocycles. The fraction of sp³-hybridized carbons (Fsp3) is 0.857. The minimum absolute atomic E-state index is 0.723. The average Bonchev–Trinajstić information content (AvgIpc) is 2.77. The third kappa shape index (κ3) is 0.860. The summed E-state index contributed by atoms with van der Waals surface area (Å²) in [6.45, 7) is 2.92. The zero-order chi connectivity index (χ0) is 10.3. The summed E-state index contributed by atoms with van der Waals surface area (Å²) >= 11 is 0. The first-order valence-electron chi connectivity index (χ1n) is 6.58. The minimum atomic E-state index is 0.723. The molecular formula is C14H22N+. The lowest BCUT2D eigenvalue weighted by Crippen LogP contribution is -2.40. The van der Waals surface area contributed by atoms with E-state index < -0.39 is 0 Å². The fourth-order valence-electron chi connectivity index (χ4n) is 5.68. The van der Waals surface area contributed by atoms with Crippen LogP contribution in [0, 0.1) is 16.7 Å². The van der Waals surface area contributed by atoms with Crippen molar-refractivity contribution in [3.63, 3.8) is 0 Å². The third-order valence-electron chi connectivity index (χ3n) is 5.92. The number of quaternary nitrogens is 1. The van der Waals surface area contributed by atoms with Crippen molar-refractivity contribution in [2.45, 2.75) is 32.1 Å². The fourth-order valence-corrected chi connectivity index (χ4v) is 5.68. The zero-order valence-corrected chi connectivity index (χ0v) is 10.1. The Labute approximate surface area is 92.7 Å². The molecule has 82 valence electrons. The number of rotatable bonds is 0. The van der Waals surface area contributed by atoms with Crippen LogP contribution in [0.2, 0.25) is 0 Å². The van der Waals surface area contributed by atoms with E-state index in [9.17, 15) is 0 Å². The maximum Gasteiger partial charge on any atom is 0.0853 e. The summed E-state index contributed by atoms with van der Waals surface area (Å²) in [4.78, 5) is 0. The van der Waals surface area contributed by atoms with E-state index in [2.05, 4.69) is 20.2 Å². The highest BCUT2D eigenvalue weighted by atomic mass is 15.4. The van der Waals surface area contributed by atoms with E-state index in [0.717, 1.165) is 16.7 Å². The smallest absolute Gasteiger partial charge is 0.0853 e. The first-order valence-corrected chi connectivity index (χ1v) is 6.58. The van der Waals surface area contributed by atoms with Gasteiger partial charge in [-0.15, -0.1) is 0 Å². The summed E-state index contributed by atoms with van der Waals surface area (Å²) < 4.78 is 1.29. The SMILES string of the molecule is C[N+]1(C)CC23CC=C4CC4C2(CCC3)C1. The maximum absolute atomic E-state index is 2.61. The lowest BCUT2D eigenvalue weighted by atomic mass is 9.61. The molecule has 0 N–H and O–H groups in total. The van der Waals surface area contributed by atoms with Gasteiger partial charge < -0.3 is 4.48 Å². The molecule has 0 spiro atoms. The number of fused-ring (bicyclic) bond motifs is 1. The molecule has 0 aromatic carbocycles. The van der Waals surface area contributed by atoms with Crippen LogP contribution in [0.5, 0.6) is 0 Å². The van der Waals surface area contributed by atoms with Gasteiger partial charge in [-0.2, -0.15) is 0 Å². The van der Waals surface area contributed by atoms with Crippen molar-refractivity contribution in [2.75, 3.05) is 27.2 Å². The molecule has 4 rings (SSSR count). The monoisotopic (exact) mass is 204 g/mol. The molecule has 0 aromatic rings. The maximum atomic E-state index is 2.61. The van der Waals surface area contributed by atoms with Crippen LogP contribution in [-0.2, 0) is 0 Å². The van der Waals surface area contributed by atoms with Crippen LogP contribution in [0.3, 0.4) is 0 Å². The highest BCUT2D eigenvalue weighted by Gasteiger charge is 2.71. The molecule has 3 unspecified atom stereocenters. The molecule has 0 bridgehead atoms. The Morgan fingerprint density at radius 1 is 1.27 bits per heavy atom. The van der Waals surface area contributed by atoms with Gasteiger partial charge in [-0.3, -0.25) is 0 Å². The van der Waals surface area contributed by atoms with E-state index in [4.69, 9.17) is 0 Å². The molecule has 1 heteroatoms. The van der Waals surface area contributed by atoms with Crippen molar-refractivity contribution in [2.24, 2.45) is 16.7 Å². The minimum Gasteiger partial charge on any atom is -0.327 e.